The lowest BCUT2D eigenvalue weighted by Gasteiger charge is -2.24. The number of hydrogen-bond acceptors (Lipinski definition) is 7. The zero-order valence-corrected chi connectivity index (χ0v) is 21.0. The van der Waals surface area contributed by atoms with Crippen LogP contribution in [0.5, 0.6) is 0 Å². The molecule has 1 aromatic carbocycles. The molecule has 11 nitrogen and oxygen atoms in total. The molecule has 4 heterocycles. The van der Waals surface area contributed by atoms with E-state index in [0.717, 1.165) is 24.0 Å². The standard InChI is InChI=1S/C25H27FN8O3/c1-14-6-5-11-33(14)18-8-7-16(12-17(18)26)21-27-10-9-19(29-21)30-23(35)15(2)34-13-28-22-20(34)24(36)32(4)25(37)31(22)3/h7-10,12-15H,5-6,11H2,1-4H3,(H,27,29,30,35)/t14-,15?/m0/s1. The van der Waals surface area contributed by atoms with Gasteiger partial charge in [0.05, 0.1) is 12.0 Å². The van der Waals surface area contributed by atoms with Gasteiger partial charge in [0.1, 0.15) is 17.7 Å². The summed E-state index contributed by atoms with van der Waals surface area (Å²) < 4.78 is 18.6. The number of rotatable bonds is 5. The average Bonchev–Trinajstić information content (AvgIpc) is 3.52. The molecule has 1 aliphatic heterocycles. The molecule has 192 valence electrons. The predicted octanol–water partition coefficient (Wildman–Crippen LogP) is 2.22. The van der Waals surface area contributed by atoms with Crippen LogP contribution >= 0.6 is 0 Å². The van der Waals surface area contributed by atoms with E-state index >= 15 is 0 Å². The zero-order valence-electron chi connectivity index (χ0n) is 21.0. The van der Waals surface area contributed by atoms with Crippen LogP contribution in [0.3, 0.4) is 0 Å². The molecule has 1 fully saturated rings. The minimum atomic E-state index is -0.840. The number of amides is 1. The van der Waals surface area contributed by atoms with Crippen LogP contribution in [-0.4, -0.2) is 47.1 Å². The molecule has 3 aromatic heterocycles. The number of benzene rings is 1. The Morgan fingerprint density at radius 2 is 1.95 bits per heavy atom. The summed E-state index contributed by atoms with van der Waals surface area (Å²) in [6.45, 7) is 4.51. The second-order valence-corrected chi connectivity index (χ2v) is 9.31. The summed E-state index contributed by atoms with van der Waals surface area (Å²) in [5, 5.41) is 2.72. The van der Waals surface area contributed by atoms with E-state index in [9.17, 15) is 18.8 Å². The van der Waals surface area contributed by atoms with Crippen molar-refractivity contribution in [2.45, 2.75) is 38.8 Å². The van der Waals surface area contributed by atoms with Crippen molar-refractivity contribution < 1.29 is 9.18 Å². The summed E-state index contributed by atoms with van der Waals surface area (Å²) in [4.78, 5) is 52.8. The molecule has 1 unspecified atom stereocenters. The van der Waals surface area contributed by atoms with Gasteiger partial charge in [0, 0.05) is 38.4 Å². The van der Waals surface area contributed by atoms with Crippen LogP contribution < -0.4 is 21.5 Å². The maximum absolute atomic E-state index is 15.0. The van der Waals surface area contributed by atoms with Crippen LogP contribution in [0.2, 0.25) is 0 Å². The van der Waals surface area contributed by atoms with Crippen LogP contribution in [0.1, 0.15) is 32.7 Å². The minimum Gasteiger partial charge on any atom is -0.366 e. The Balaban J connectivity index is 1.39. The number of aromatic nitrogens is 6. The van der Waals surface area contributed by atoms with Crippen molar-refractivity contribution in [3.8, 4) is 11.4 Å². The molecule has 1 N–H and O–H groups in total. The van der Waals surface area contributed by atoms with Crippen LogP contribution in [-0.2, 0) is 18.9 Å². The molecule has 2 atom stereocenters. The van der Waals surface area contributed by atoms with E-state index in [0.29, 0.717) is 11.3 Å². The first kappa shape index (κ1) is 24.3. The SMILES string of the molecule is CC(C(=O)Nc1ccnc(-c2ccc(N3CCC[C@@H]3C)c(F)c2)n1)n1cnc2c1c(=O)n(C)c(=O)n2C. The molecule has 0 spiro atoms. The summed E-state index contributed by atoms with van der Waals surface area (Å²) in [6, 6.07) is 5.88. The van der Waals surface area contributed by atoms with Gasteiger partial charge in [0.25, 0.3) is 5.56 Å². The highest BCUT2D eigenvalue weighted by Crippen LogP contribution is 2.30. The lowest BCUT2D eigenvalue weighted by Crippen LogP contribution is -2.38. The molecule has 1 amide bonds. The molecule has 1 aliphatic rings. The van der Waals surface area contributed by atoms with Crippen molar-refractivity contribution in [3.05, 3.63) is 63.4 Å². The van der Waals surface area contributed by atoms with Gasteiger partial charge in [0.2, 0.25) is 5.91 Å². The minimum absolute atomic E-state index is 0.138. The molecule has 5 rings (SSSR count). The molecule has 0 radical (unpaired) electrons. The number of aryl methyl sites for hydroxylation is 1. The largest absolute Gasteiger partial charge is 0.366 e. The Labute approximate surface area is 211 Å². The molecule has 4 aromatic rings. The summed E-state index contributed by atoms with van der Waals surface area (Å²) in [6.07, 6.45) is 4.90. The van der Waals surface area contributed by atoms with Crippen LogP contribution in [0, 0.1) is 5.82 Å². The van der Waals surface area contributed by atoms with Crippen molar-refractivity contribution in [2.75, 3.05) is 16.8 Å². The van der Waals surface area contributed by atoms with E-state index in [1.54, 1.807) is 19.1 Å². The van der Waals surface area contributed by atoms with Crippen molar-refractivity contribution in [2.24, 2.45) is 14.1 Å². The normalized spacial score (nSPS) is 16.4. The molecule has 37 heavy (non-hydrogen) atoms. The Morgan fingerprint density at radius 3 is 2.65 bits per heavy atom. The number of hydrogen-bond donors (Lipinski definition) is 1. The number of nitrogens with zero attached hydrogens (tertiary/aromatic N) is 7. The Hall–Kier alpha value is -4.35. The number of nitrogens with one attached hydrogen (secondary N) is 1. The first-order chi connectivity index (χ1) is 17.7. The summed E-state index contributed by atoms with van der Waals surface area (Å²) >= 11 is 0. The van der Waals surface area contributed by atoms with Gasteiger partial charge in [-0.05, 0) is 51.0 Å². The topological polar surface area (TPSA) is 120 Å². The molecular formula is C25H27FN8O3. The number of fused-ring (bicyclic) bond motifs is 1. The van der Waals surface area contributed by atoms with E-state index in [1.165, 1.54) is 47.9 Å². The monoisotopic (exact) mass is 506 g/mol. The number of halogens is 1. The van der Waals surface area contributed by atoms with Gasteiger partial charge in [-0.15, -0.1) is 0 Å². The molecule has 0 bridgehead atoms. The van der Waals surface area contributed by atoms with Crippen LogP contribution in [0.15, 0.2) is 46.4 Å². The Bertz CT molecular complexity index is 1640. The molecule has 0 aliphatic carbocycles. The first-order valence-electron chi connectivity index (χ1n) is 12.0. The third-order valence-corrected chi connectivity index (χ3v) is 6.95. The second-order valence-electron chi connectivity index (χ2n) is 9.31. The fourth-order valence-corrected chi connectivity index (χ4v) is 4.75. The smallest absolute Gasteiger partial charge is 0.332 e. The van der Waals surface area contributed by atoms with Crippen LogP contribution in [0.4, 0.5) is 15.9 Å². The number of carbonyl (C=O) groups excluding carboxylic acids is 1. The number of carbonyl (C=O) groups is 1. The average molecular weight is 507 g/mol. The fourth-order valence-electron chi connectivity index (χ4n) is 4.75. The maximum atomic E-state index is 15.0. The first-order valence-corrected chi connectivity index (χ1v) is 12.0. The van der Waals surface area contributed by atoms with Crippen molar-refractivity contribution in [3.63, 3.8) is 0 Å². The molecule has 1 saturated heterocycles. The van der Waals surface area contributed by atoms with E-state index < -0.39 is 23.2 Å². The fraction of sp³-hybridized carbons (Fsp3) is 0.360. The van der Waals surface area contributed by atoms with E-state index in [-0.39, 0.29) is 34.7 Å². The lowest BCUT2D eigenvalue weighted by molar-refractivity contribution is -0.118. The van der Waals surface area contributed by atoms with Crippen molar-refractivity contribution in [1.29, 1.82) is 0 Å². The molecule has 12 heteroatoms. The zero-order chi connectivity index (χ0) is 26.4. The number of imidazole rings is 1. The summed E-state index contributed by atoms with van der Waals surface area (Å²) in [5.41, 5.74) is 0.316. The van der Waals surface area contributed by atoms with Gasteiger partial charge in [-0.3, -0.25) is 18.7 Å². The highest BCUT2D eigenvalue weighted by atomic mass is 19.1. The van der Waals surface area contributed by atoms with E-state index in [1.807, 2.05) is 0 Å². The number of anilines is 2. The maximum Gasteiger partial charge on any atom is 0.332 e. The third kappa shape index (κ3) is 4.17. The summed E-state index contributed by atoms with van der Waals surface area (Å²) in [7, 11) is 2.88. The molecule has 0 saturated carbocycles. The van der Waals surface area contributed by atoms with Gasteiger partial charge in [-0.2, -0.15) is 0 Å². The van der Waals surface area contributed by atoms with E-state index in [2.05, 4.69) is 32.1 Å². The third-order valence-electron chi connectivity index (χ3n) is 6.95. The van der Waals surface area contributed by atoms with Gasteiger partial charge in [0.15, 0.2) is 17.0 Å². The van der Waals surface area contributed by atoms with Gasteiger partial charge < -0.3 is 14.8 Å². The predicted molar refractivity (Wildman–Crippen MR) is 137 cm³/mol. The highest BCUT2D eigenvalue weighted by molar-refractivity contribution is 5.93. The Morgan fingerprint density at radius 1 is 1.16 bits per heavy atom. The van der Waals surface area contributed by atoms with Gasteiger partial charge >= 0.3 is 5.69 Å². The lowest BCUT2D eigenvalue weighted by atomic mass is 10.1. The highest BCUT2D eigenvalue weighted by Gasteiger charge is 2.24. The summed E-state index contributed by atoms with van der Waals surface area (Å²) in [5.74, 6) is -0.308. The van der Waals surface area contributed by atoms with E-state index in [4.69, 9.17) is 0 Å². The van der Waals surface area contributed by atoms with Crippen molar-refractivity contribution in [1.82, 2.24) is 28.7 Å². The van der Waals surface area contributed by atoms with Crippen molar-refractivity contribution >= 4 is 28.6 Å². The Kier molecular flexibility index (Phi) is 6.10. The second kappa shape index (κ2) is 9.26. The van der Waals surface area contributed by atoms with Crippen LogP contribution in [0.25, 0.3) is 22.6 Å². The van der Waals surface area contributed by atoms with Gasteiger partial charge in [-0.1, -0.05) is 0 Å². The van der Waals surface area contributed by atoms with Gasteiger partial charge in [-0.25, -0.2) is 24.1 Å². The molecular weight excluding hydrogens is 479 g/mol. The quantitative estimate of drug-likeness (QED) is 0.441.